The molecule has 0 aromatic heterocycles. The van der Waals surface area contributed by atoms with Gasteiger partial charge in [-0.3, -0.25) is 0 Å². The summed E-state index contributed by atoms with van der Waals surface area (Å²) in [5.41, 5.74) is 0.831. The van der Waals surface area contributed by atoms with Crippen LogP contribution in [0.15, 0.2) is 30.3 Å². The van der Waals surface area contributed by atoms with Crippen LogP contribution in [-0.4, -0.2) is 12.2 Å². The third-order valence-electron chi connectivity index (χ3n) is 3.32. The van der Waals surface area contributed by atoms with Crippen LogP contribution in [0.3, 0.4) is 0 Å². The number of aromatic hydroxyl groups is 1. The summed E-state index contributed by atoms with van der Waals surface area (Å²) in [6.45, 7) is 3.24. The monoisotopic (exact) mass is 293 g/mol. The van der Waals surface area contributed by atoms with Crippen molar-refractivity contribution in [1.82, 2.24) is 0 Å². The predicted molar refractivity (Wildman–Crippen MR) is 77.8 cm³/mol. The molecule has 0 saturated heterocycles. The highest BCUT2D eigenvalue weighted by Gasteiger charge is 2.15. The van der Waals surface area contributed by atoms with Gasteiger partial charge in [0.1, 0.15) is 23.1 Å². The van der Waals surface area contributed by atoms with Crippen molar-refractivity contribution < 1.29 is 18.6 Å². The summed E-state index contributed by atoms with van der Waals surface area (Å²) < 4.78 is 32.5. The minimum absolute atomic E-state index is 0.0489. The van der Waals surface area contributed by atoms with E-state index in [-0.39, 0.29) is 17.0 Å². The van der Waals surface area contributed by atoms with Crippen LogP contribution in [0.1, 0.15) is 24.1 Å². The van der Waals surface area contributed by atoms with Gasteiger partial charge in [0.05, 0.1) is 18.8 Å². The van der Waals surface area contributed by atoms with Crippen LogP contribution in [0.5, 0.6) is 11.5 Å². The van der Waals surface area contributed by atoms with E-state index in [0.29, 0.717) is 11.3 Å². The SMILES string of the molecule is COc1ccc(O)c(C(C)Nc2cc(F)c(C)cc2F)c1. The van der Waals surface area contributed by atoms with Gasteiger partial charge in [0.2, 0.25) is 0 Å². The van der Waals surface area contributed by atoms with Crippen LogP contribution < -0.4 is 10.1 Å². The van der Waals surface area contributed by atoms with Crippen LogP contribution >= 0.6 is 0 Å². The molecule has 0 radical (unpaired) electrons. The summed E-state index contributed by atoms with van der Waals surface area (Å²) in [6, 6.07) is 6.59. The molecule has 0 bridgehead atoms. The van der Waals surface area contributed by atoms with E-state index < -0.39 is 17.7 Å². The summed E-state index contributed by atoms with van der Waals surface area (Å²) in [4.78, 5) is 0. The van der Waals surface area contributed by atoms with Gasteiger partial charge in [0, 0.05) is 11.6 Å². The summed E-state index contributed by atoms with van der Waals surface area (Å²) in [5.74, 6) is -0.389. The Hall–Kier alpha value is -2.30. The molecule has 0 spiro atoms. The zero-order chi connectivity index (χ0) is 15.6. The van der Waals surface area contributed by atoms with Crippen molar-refractivity contribution >= 4 is 5.69 Å². The van der Waals surface area contributed by atoms with Gasteiger partial charge in [-0.2, -0.15) is 0 Å². The van der Waals surface area contributed by atoms with Crippen LogP contribution in [0, 0.1) is 18.6 Å². The first-order valence-corrected chi connectivity index (χ1v) is 6.51. The average Bonchev–Trinajstić information content (AvgIpc) is 2.45. The minimum Gasteiger partial charge on any atom is -0.508 e. The van der Waals surface area contributed by atoms with E-state index >= 15 is 0 Å². The Morgan fingerprint density at radius 2 is 1.86 bits per heavy atom. The number of hydrogen-bond donors (Lipinski definition) is 2. The lowest BCUT2D eigenvalue weighted by molar-refractivity contribution is 0.410. The smallest absolute Gasteiger partial charge is 0.146 e. The standard InChI is InChI=1S/C16H17F2NO2/c1-9-6-14(18)15(8-13(9)17)19-10(2)12-7-11(21-3)4-5-16(12)20/h4-8,10,19-20H,1-3H3. The number of halogens is 2. The van der Waals surface area contributed by atoms with Gasteiger partial charge in [0.15, 0.2) is 0 Å². The van der Waals surface area contributed by atoms with E-state index in [9.17, 15) is 13.9 Å². The average molecular weight is 293 g/mol. The fourth-order valence-corrected chi connectivity index (χ4v) is 2.07. The van der Waals surface area contributed by atoms with Gasteiger partial charge in [-0.05, 0) is 43.7 Å². The lowest BCUT2D eigenvalue weighted by Crippen LogP contribution is -2.09. The maximum Gasteiger partial charge on any atom is 0.146 e. The Kier molecular flexibility index (Phi) is 4.31. The number of methoxy groups -OCH3 is 1. The molecule has 1 atom stereocenters. The highest BCUT2D eigenvalue weighted by Crippen LogP contribution is 2.31. The summed E-state index contributed by atoms with van der Waals surface area (Å²) >= 11 is 0. The molecule has 2 rings (SSSR count). The van der Waals surface area contributed by atoms with Crippen molar-refractivity contribution in [2.45, 2.75) is 19.9 Å². The quantitative estimate of drug-likeness (QED) is 0.889. The first-order chi connectivity index (χ1) is 9.92. The number of benzene rings is 2. The lowest BCUT2D eigenvalue weighted by Gasteiger charge is -2.18. The lowest BCUT2D eigenvalue weighted by atomic mass is 10.1. The first kappa shape index (κ1) is 15.1. The Morgan fingerprint density at radius 1 is 1.14 bits per heavy atom. The number of nitrogens with one attached hydrogen (secondary N) is 1. The molecular weight excluding hydrogens is 276 g/mol. The third-order valence-corrected chi connectivity index (χ3v) is 3.32. The molecule has 0 amide bonds. The Bertz CT molecular complexity index is 659. The molecule has 2 aromatic rings. The zero-order valence-electron chi connectivity index (χ0n) is 12.1. The van der Waals surface area contributed by atoms with Crippen molar-refractivity contribution in [2.75, 3.05) is 12.4 Å². The van der Waals surface area contributed by atoms with Gasteiger partial charge in [-0.1, -0.05) is 0 Å². The molecule has 0 aliphatic rings. The number of phenolic OH excluding ortho intramolecular Hbond substituents is 1. The third kappa shape index (κ3) is 3.24. The fraction of sp³-hybridized carbons (Fsp3) is 0.250. The van der Waals surface area contributed by atoms with Crippen molar-refractivity contribution in [1.29, 1.82) is 0 Å². The molecule has 2 N–H and O–H groups in total. The van der Waals surface area contributed by atoms with Gasteiger partial charge in [-0.15, -0.1) is 0 Å². The summed E-state index contributed by atoms with van der Waals surface area (Å²) in [7, 11) is 1.52. The maximum absolute atomic E-state index is 13.8. The largest absolute Gasteiger partial charge is 0.508 e. The topological polar surface area (TPSA) is 41.5 Å². The number of ether oxygens (including phenoxy) is 1. The van der Waals surface area contributed by atoms with Crippen LogP contribution in [0.2, 0.25) is 0 Å². The molecule has 0 aliphatic heterocycles. The molecule has 1 unspecified atom stereocenters. The Balaban J connectivity index is 2.30. The van der Waals surface area contributed by atoms with Crippen molar-refractivity contribution in [3.05, 3.63) is 53.1 Å². The molecule has 0 aliphatic carbocycles. The fourth-order valence-electron chi connectivity index (χ4n) is 2.07. The summed E-state index contributed by atoms with van der Waals surface area (Å²) in [5, 5.41) is 12.7. The van der Waals surface area contributed by atoms with E-state index in [1.807, 2.05) is 0 Å². The molecule has 2 aromatic carbocycles. The van der Waals surface area contributed by atoms with Gasteiger partial charge in [-0.25, -0.2) is 8.78 Å². The Labute approximate surface area is 122 Å². The normalized spacial score (nSPS) is 12.0. The van der Waals surface area contributed by atoms with Crippen molar-refractivity contribution in [3.63, 3.8) is 0 Å². The molecule has 0 saturated carbocycles. The molecule has 21 heavy (non-hydrogen) atoms. The van der Waals surface area contributed by atoms with Crippen molar-refractivity contribution in [3.8, 4) is 11.5 Å². The molecule has 3 nitrogen and oxygen atoms in total. The Morgan fingerprint density at radius 3 is 2.52 bits per heavy atom. The molecular formula is C16H17F2NO2. The van der Waals surface area contributed by atoms with Crippen LogP contribution in [0.25, 0.3) is 0 Å². The van der Waals surface area contributed by atoms with Crippen LogP contribution in [-0.2, 0) is 0 Å². The van der Waals surface area contributed by atoms with E-state index in [0.717, 1.165) is 12.1 Å². The van der Waals surface area contributed by atoms with Gasteiger partial charge >= 0.3 is 0 Å². The van der Waals surface area contributed by atoms with Gasteiger partial charge < -0.3 is 15.2 Å². The van der Waals surface area contributed by atoms with E-state index in [1.165, 1.54) is 20.1 Å². The predicted octanol–water partition coefficient (Wildman–Crippen LogP) is 4.16. The second-order valence-corrected chi connectivity index (χ2v) is 4.87. The molecule has 0 fully saturated rings. The number of hydrogen-bond acceptors (Lipinski definition) is 3. The number of anilines is 1. The summed E-state index contributed by atoms with van der Waals surface area (Å²) in [6.07, 6.45) is 0. The second kappa shape index (κ2) is 5.99. The highest BCUT2D eigenvalue weighted by atomic mass is 19.1. The first-order valence-electron chi connectivity index (χ1n) is 6.51. The zero-order valence-corrected chi connectivity index (χ0v) is 12.1. The minimum atomic E-state index is -0.539. The molecule has 112 valence electrons. The van der Waals surface area contributed by atoms with E-state index in [1.54, 1.807) is 19.1 Å². The second-order valence-electron chi connectivity index (χ2n) is 4.87. The highest BCUT2D eigenvalue weighted by molar-refractivity contribution is 5.51. The number of rotatable bonds is 4. The van der Waals surface area contributed by atoms with Crippen LogP contribution in [0.4, 0.5) is 14.5 Å². The van der Waals surface area contributed by atoms with Crippen molar-refractivity contribution in [2.24, 2.45) is 0 Å². The van der Waals surface area contributed by atoms with Gasteiger partial charge in [0.25, 0.3) is 0 Å². The molecule has 0 heterocycles. The number of phenols is 1. The van der Waals surface area contributed by atoms with E-state index in [4.69, 9.17) is 4.74 Å². The molecule has 5 heteroatoms. The maximum atomic E-state index is 13.8. The number of aryl methyl sites for hydroxylation is 1. The van der Waals surface area contributed by atoms with E-state index in [2.05, 4.69) is 5.32 Å².